The Morgan fingerprint density at radius 1 is 1.42 bits per heavy atom. The van der Waals surface area contributed by atoms with Gasteiger partial charge < -0.3 is 15.4 Å². The molecule has 1 heterocycles. The first-order valence-corrected chi connectivity index (χ1v) is 6.76. The number of hydrogen-bond donors (Lipinski definition) is 2. The number of carbonyl (C=O) groups is 1. The Bertz CT molecular complexity index is 465. The van der Waals surface area contributed by atoms with Crippen LogP contribution in [0.2, 0.25) is 0 Å². The summed E-state index contributed by atoms with van der Waals surface area (Å²) in [6.07, 6.45) is 1.14. The molecule has 1 amide bonds. The van der Waals surface area contributed by atoms with Crippen molar-refractivity contribution in [3.63, 3.8) is 0 Å². The van der Waals surface area contributed by atoms with Gasteiger partial charge in [0, 0.05) is 12.1 Å². The molecule has 4 nitrogen and oxygen atoms in total. The standard InChI is InChI=1S/C15H22N2O2/c1-10-7-14(19-3)11(2)6-13(10)15(18)17-9-12-4-5-16-8-12/h6-7,12,16H,4-5,8-9H2,1-3H3,(H,17,18). The van der Waals surface area contributed by atoms with Gasteiger partial charge in [-0.05, 0) is 62.5 Å². The van der Waals surface area contributed by atoms with E-state index in [1.807, 2.05) is 26.0 Å². The summed E-state index contributed by atoms with van der Waals surface area (Å²) in [5.41, 5.74) is 2.68. The fraction of sp³-hybridized carbons (Fsp3) is 0.533. The molecule has 1 aliphatic rings. The van der Waals surface area contributed by atoms with E-state index >= 15 is 0 Å². The molecule has 1 atom stereocenters. The maximum atomic E-state index is 12.2. The van der Waals surface area contributed by atoms with E-state index in [4.69, 9.17) is 4.74 Å². The van der Waals surface area contributed by atoms with Crippen LogP contribution in [0.1, 0.15) is 27.9 Å². The van der Waals surface area contributed by atoms with Gasteiger partial charge in [-0.25, -0.2) is 0 Å². The Labute approximate surface area is 114 Å². The molecule has 2 rings (SSSR count). The number of benzene rings is 1. The summed E-state index contributed by atoms with van der Waals surface area (Å²) in [4.78, 5) is 12.2. The van der Waals surface area contributed by atoms with Crippen molar-refractivity contribution in [1.29, 1.82) is 0 Å². The lowest BCUT2D eigenvalue weighted by Crippen LogP contribution is -2.30. The molecule has 0 bridgehead atoms. The molecule has 19 heavy (non-hydrogen) atoms. The fourth-order valence-electron chi connectivity index (χ4n) is 2.48. The van der Waals surface area contributed by atoms with Crippen LogP contribution < -0.4 is 15.4 Å². The number of rotatable bonds is 4. The molecule has 2 N–H and O–H groups in total. The average Bonchev–Trinajstić information content (AvgIpc) is 2.91. The van der Waals surface area contributed by atoms with Gasteiger partial charge in [-0.3, -0.25) is 4.79 Å². The van der Waals surface area contributed by atoms with Crippen LogP contribution >= 0.6 is 0 Å². The molecule has 0 aliphatic carbocycles. The Morgan fingerprint density at radius 2 is 2.21 bits per heavy atom. The highest BCUT2D eigenvalue weighted by atomic mass is 16.5. The summed E-state index contributed by atoms with van der Waals surface area (Å²) in [7, 11) is 1.65. The van der Waals surface area contributed by atoms with Gasteiger partial charge in [0.15, 0.2) is 0 Å². The fourth-order valence-corrected chi connectivity index (χ4v) is 2.48. The molecule has 1 fully saturated rings. The largest absolute Gasteiger partial charge is 0.496 e. The van der Waals surface area contributed by atoms with Crippen molar-refractivity contribution in [2.45, 2.75) is 20.3 Å². The third-order valence-electron chi connectivity index (χ3n) is 3.70. The number of amides is 1. The van der Waals surface area contributed by atoms with E-state index in [0.717, 1.165) is 48.5 Å². The van der Waals surface area contributed by atoms with Gasteiger partial charge >= 0.3 is 0 Å². The number of nitrogens with one attached hydrogen (secondary N) is 2. The number of aryl methyl sites for hydroxylation is 2. The van der Waals surface area contributed by atoms with Crippen molar-refractivity contribution in [2.75, 3.05) is 26.7 Å². The third-order valence-corrected chi connectivity index (χ3v) is 3.70. The van der Waals surface area contributed by atoms with Crippen LogP contribution in [0.5, 0.6) is 5.75 Å². The lowest BCUT2D eigenvalue weighted by Gasteiger charge is -2.13. The molecule has 0 radical (unpaired) electrons. The second-order valence-corrected chi connectivity index (χ2v) is 5.21. The summed E-state index contributed by atoms with van der Waals surface area (Å²) >= 11 is 0. The van der Waals surface area contributed by atoms with E-state index < -0.39 is 0 Å². The molecule has 0 saturated carbocycles. The summed E-state index contributed by atoms with van der Waals surface area (Å²) in [6.45, 7) is 6.70. The van der Waals surface area contributed by atoms with Crippen molar-refractivity contribution in [3.8, 4) is 5.75 Å². The van der Waals surface area contributed by atoms with E-state index in [1.165, 1.54) is 0 Å². The van der Waals surface area contributed by atoms with E-state index in [9.17, 15) is 4.79 Å². The van der Waals surface area contributed by atoms with E-state index in [1.54, 1.807) is 7.11 Å². The van der Waals surface area contributed by atoms with Crippen molar-refractivity contribution < 1.29 is 9.53 Å². The van der Waals surface area contributed by atoms with Gasteiger partial charge in [-0.2, -0.15) is 0 Å². The van der Waals surface area contributed by atoms with Crippen molar-refractivity contribution >= 4 is 5.91 Å². The second-order valence-electron chi connectivity index (χ2n) is 5.21. The monoisotopic (exact) mass is 262 g/mol. The topological polar surface area (TPSA) is 50.4 Å². The van der Waals surface area contributed by atoms with E-state index in [0.29, 0.717) is 5.92 Å². The first-order valence-electron chi connectivity index (χ1n) is 6.76. The quantitative estimate of drug-likeness (QED) is 0.867. The summed E-state index contributed by atoms with van der Waals surface area (Å²) in [5, 5.41) is 6.33. The van der Waals surface area contributed by atoms with Crippen LogP contribution in [-0.2, 0) is 0 Å². The molecule has 104 valence electrons. The van der Waals surface area contributed by atoms with Crippen molar-refractivity contribution in [3.05, 3.63) is 28.8 Å². The zero-order valence-electron chi connectivity index (χ0n) is 11.9. The lowest BCUT2D eigenvalue weighted by atomic mass is 10.0. The average molecular weight is 262 g/mol. The molecule has 1 aliphatic heterocycles. The highest BCUT2D eigenvalue weighted by Gasteiger charge is 2.17. The van der Waals surface area contributed by atoms with Gasteiger partial charge in [0.1, 0.15) is 5.75 Å². The Hall–Kier alpha value is -1.55. The molecule has 4 heteroatoms. The Balaban J connectivity index is 2.03. The number of hydrogen-bond acceptors (Lipinski definition) is 3. The maximum absolute atomic E-state index is 12.2. The normalized spacial score (nSPS) is 18.4. The molecular formula is C15H22N2O2. The highest BCUT2D eigenvalue weighted by molar-refractivity contribution is 5.96. The minimum absolute atomic E-state index is 0.00940. The Kier molecular flexibility index (Phi) is 4.43. The molecule has 0 aromatic heterocycles. The molecular weight excluding hydrogens is 240 g/mol. The maximum Gasteiger partial charge on any atom is 0.251 e. The minimum atomic E-state index is 0.00940. The van der Waals surface area contributed by atoms with Gasteiger partial charge in [0.05, 0.1) is 7.11 Å². The van der Waals surface area contributed by atoms with Crippen molar-refractivity contribution in [1.82, 2.24) is 10.6 Å². The first-order chi connectivity index (χ1) is 9.11. The van der Waals surface area contributed by atoms with Crippen LogP contribution in [0.25, 0.3) is 0 Å². The number of carbonyl (C=O) groups excluding carboxylic acids is 1. The summed E-state index contributed by atoms with van der Waals surface area (Å²) in [5.74, 6) is 1.40. The van der Waals surface area contributed by atoms with Gasteiger partial charge in [0.25, 0.3) is 5.91 Å². The van der Waals surface area contributed by atoms with Crippen molar-refractivity contribution in [2.24, 2.45) is 5.92 Å². The Morgan fingerprint density at radius 3 is 2.84 bits per heavy atom. The van der Waals surface area contributed by atoms with Crippen LogP contribution in [0, 0.1) is 19.8 Å². The third kappa shape index (κ3) is 3.26. The van der Waals surface area contributed by atoms with E-state index in [2.05, 4.69) is 10.6 Å². The van der Waals surface area contributed by atoms with Gasteiger partial charge in [0.2, 0.25) is 0 Å². The molecule has 1 aromatic rings. The molecule has 1 saturated heterocycles. The van der Waals surface area contributed by atoms with E-state index in [-0.39, 0.29) is 5.91 Å². The van der Waals surface area contributed by atoms with Crippen LogP contribution in [0.4, 0.5) is 0 Å². The predicted octanol–water partition coefficient (Wildman–Crippen LogP) is 1.65. The van der Waals surface area contributed by atoms with Crippen LogP contribution in [-0.4, -0.2) is 32.7 Å². The minimum Gasteiger partial charge on any atom is -0.496 e. The predicted molar refractivity (Wildman–Crippen MR) is 75.8 cm³/mol. The van der Waals surface area contributed by atoms with Gasteiger partial charge in [-0.15, -0.1) is 0 Å². The zero-order chi connectivity index (χ0) is 13.8. The molecule has 0 spiro atoms. The highest BCUT2D eigenvalue weighted by Crippen LogP contribution is 2.22. The van der Waals surface area contributed by atoms with Crippen LogP contribution in [0.3, 0.4) is 0 Å². The van der Waals surface area contributed by atoms with Gasteiger partial charge in [-0.1, -0.05) is 0 Å². The molecule has 1 unspecified atom stereocenters. The number of ether oxygens (including phenoxy) is 1. The zero-order valence-corrected chi connectivity index (χ0v) is 11.9. The summed E-state index contributed by atoms with van der Waals surface area (Å²) < 4.78 is 5.26. The first kappa shape index (κ1) is 13.9. The number of methoxy groups -OCH3 is 1. The smallest absolute Gasteiger partial charge is 0.251 e. The second kappa shape index (κ2) is 6.06. The van der Waals surface area contributed by atoms with Crippen LogP contribution in [0.15, 0.2) is 12.1 Å². The lowest BCUT2D eigenvalue weighted by molar-refractivity contribution is 0.0947. The summed E-state index contributed by atoms with van der Waals surface area (Å²) in [6, 6.07) is 3.82. The molecule has 1 aromatic carbocycles. The SMILES string of the molecule is COc1cc(C)c(C(=O)NCC2CCNC2)cc1C.